The molecule has 2 rings (SSSR count). The number of nitrogens with two attached hydrogens (primary N) is 1. The SMILES string of the molecule is N/C(=N/O)c1cccc(CNCCN2CCSCC2)c1. The first-order valence-electron chi connectivity index (χ1n) is 6.87. The lowest BCUT2D eigenvalue weighted by molar-refractivity contribution is 0.301. The van der Waals surface area contributed by atoms with Gasteiger partial charge in [0, 0.05) is 49.8 Å². The third kappa shape index (κ3) is 4.70. The zero-order chi connectivity index (χ0) is 14.2. The first-order valence-corrected chi connectivity index (χ1v) is 8.03. The highest BCUT2D eigenvalue weighted by molar-refractivity contribution is 7.99. The molecule has 110 valence electrons. The van der Waals surface area contributed by atoms with E-state index in [1.165, 1.54) is 24.6 Å². The van der Waals surface area contributed by atoms with Gasteiger partial charge in [-0.2, -0.15) is 11.8 Å². The van der Waals surface area contributed by atoms with E-state index in [0.717, 1.165) is 30.8 Å². The lowest BCUT2D eigenvalue weighted by atomic mass is 10.1. The van der Waals surface area contributed by atoms with Gasteiger partial charge in [0.1, 0.15) is 0 Å². The predicted octanol–water partition coefficient (Wildman–Crippen LogP) is 0.919. The van der Waals surface area contributed by atoms with Gasteiger partial charge in [-0.15, -0.1) is 0 Å². The average molecular weight is 294 g/mol. The molecule has 0 radical (unpaired) electrons. The first-order chi connectivity index (χ1) is 9.79. The second-order valence-electron chi connectivity index (χ2n) is 4.82. The molecular formula is C14H22N4OS. The average Bonchev–Trinajstić information content (AvgIpc) is 2.52. The van der Waals surface area contributed by atoms with Gasteiger partial charge in [-0.3, -0.25) is 0 Å². The van der Waals surface area contributed by atoms with Crippen molar-refractivity contribution in [3.63, 3.8) is 0 Å². The molecule has 0 aliphatic carbocycles. The number of hydrogen-bond acceptors (Lipinski definition) is 5. The molecule has 5 nitrogen and oxygen atoms in total. The van der Waals surface area contributed by atoms with Gasteiger partial charge in [-0.1, -0.05) is 23.4 Å². The number of hydrogen-bond donors (Lipinski definition) is 3. The van der Waals surface area contributed by atoms with Crippen LogP contribution in [0.3, 0.4) is 0 Å². The van der Waals surface area contributed by atoms with E-state index in [4.69, 9.17) is 10.9 Å². The Labute approximate surface area is 124 Å². The molecule has 1 saturated heterocycles. The van der Waals surface area contributed by atoms with Gasteiger partial charge in [-0.05, 0) is 11.6 Å². The van der Waals surface area contributed by atoms with E-state index in [-0.39, 0.29) is 5.84 Å². The Morgan fingerprint density at radius 1 is 1.40 bits per heavy atom. The third-order valence-electron chi connectivity index (χ3n) is 3.37. The molecule has 0 amide bonds. The molecule has 1 heterocycles. The van der Waals surface area contributed by atoms with Crippen molar-refractivity contribution in [3.05, 3.63) is 35.4 Å². The second-order valence-corrected chi connectivity index (χ2v) is 6.04. The summed E-state index contributed by atoms with van der Waals surface area (Å²) in [5.41, 5.74) is 7.48. The maximum absolute atomic E-state index is 8.68. The Morgan fingerprint density at radius 3 is 2.95 bits per heavy atom. The van der Waals surface area contributed by atoms with E-state index in [1.807, 2.05) is 36.0 Å². The van der Waals surface area contributed by atoms with Crippen LogP contribution in [0, 0.1) is 0 Å². The van der Waals surface area contributed by atoms with Gasteiger partial charge in [0.05, 0.1) is 0 Å². The summed E-state index contributed by atoms with van der Waals surface area (Å²) in [6.07, 6.45) is 0. The molecule has 1 fully saturated rings. The maximum atomic E-state index is 8.68. The molecule has 4 N–H and O–H groups in total. The number of benzene rings is 1. The highest BCUT2D eigenvalue weighted by atomic mass is 32.2. The van der Waals surface area contributed by atoms with Crippen molar-refractivity contribution in [2.45, 2.75) is 6.54 Å². The normalized spacial score (nSPS) is 17.3. The summed E-state index contributed by atoms with van der Waals surface area (Å²) in [7, 11) is 0. The zero-order valence-electron chi connectivity index (χ0n) is 11.6. The van der Waals surface area contributed by atoms with Crippen LogP contribution in [0.15, 0.2) is 29.4 Å². The van der Waals surface area contributed by atoms with Gasteiger partial charge in [-0.25, -0.2) is 0 Å². The van der Waals surface area contributed by atoms with Crippen LogP contribution >= 0.6 is 11.8 Å². The van der Waals surface area contributed by atoms with Crippen LogP contribution < -0.4 is 11.1 Å². The number of oxime groups is 1. The molecule has 0 spiro atoms. The molecule has 20 heavy (non-hydrogen) atoms. The molecule has 0 atom stereocenters. The fraction of sp³-hybridized carbons (Fsp3) is 0.500. The van der Waals surface area contributed by atoms with E-state index >= 15 is 0 Å². The van der Waals surface area contributed by atoms with Crippen LogP contribution in [0.25, 0.3) is 0 Å². The minimum atomic E-state index is 0.151. The molecule has 1 aliphatic rings. The monoisotopic (exact) mass is 294 g/mol. The smallest absolute Gasteiger partial charge is 0.170 e. The van der Waals surface area contributed by atoms with Crippen molar-refractivity contribution in [2.24, 2.45) is 10.9 Å². The van der Waals surface area contributed by atoms with Crippen LogP contribution in [0.1, 0.15) is 11.1 Å². The molecular weight excluding hydrogens is 272 g/mol. The van der Waals surface area contributed by atoms with Crippen molar-refractivity contribution in [1.29, 1.82) is 0 Å². The highest BCUT2D eigenvalue weighted by Crippen LogP contribution is 2.08. The molecule has 1 aliphatic heterocycles. The van der Waals surface area contributed by atoms with Crippen molar-refractivity contribution in [1.82, 2.24) is 10.2 Å². The van der Waals surface area contributed by atoms with Crippen LogP contribution in [0.4, 0.5) is 0 Å². The largest absolute Gasteiger partial charge is 0.409 e. The Morgan fingerprint density at radius 2 is 2.20 bits per heavy atom. The van der Waals surface area contributed by atoms with E-state index < -0.39 is 0 Å². The van der Waals surface area contributed by atoms with Gasteiger partial charge in [0.25, 0.3) is 0 Å². The van der Waals surface area contributed by atoms with Crippen molar-refractivity contribution in [2.75, 3.05) is 37.7 Å². The molecule has 0 saturated carbocycles. The maximum Gasteiger partial charge on any atom is 0.170 e. The van der Waals surface area contributed by atoms with E-state index in [1.54, 1.807) is 0 Å². The van der Waals surface area contributed by atoms with Gasteiger partial charge < -0.3 is 21.2 Å². The van der Waals surface area contributed by atoms with Crippen molar-refractivity contribution >= 4 is 17.6 Å². The molecule has 1 aromatic rings. The number of nitrogens with zero attached hydrogens (tertiary/aromatic N) is 2. The predicted molar refractivity (Wildman–Crippen MR) is 84.4 cm³/mol. The standard InChI is InChI=1S/C14H22N4OS/c15-14(17-19)13-3-1-2-12(10-13)11-16-4-5-18-6-8-20-9-7-18/h1-3,10,16,19H,4-9,11H2,(H2,15,17). The van der Waals surface area contributed by atoms with Gasteiger partial charge >= 0.3 is 0 Å². The fourth-order valence-corrected chi connectivity index (χ4v) is 3.17. The first kappa shape index (κ1) is 15.2. The van der Waals surface area contributed by atoms with Crippen LogP contribution in [0.5, 0.6) is 0 Å². The minimum absolute atomic E-state index is 0.151. The van der Waals surface area contributed by atoms with Crippen molar-refractivity contribution < 1.29 is 5.21 Å². The summed E-state index contributed by atoms with van der Waals surface area (Å²) < 4.78 is 0. The topological polar surface area (TPSA) is 73.9 Å². The lowest BCUT2D eigenvalue weighted by Gasteiger charge is -2.26. The van der Waals surface area contributed by atoms with Crippen molar-refractivity contribution in [3.8, 4) is 0 Å². The summed E-state index contributed by atoms with van der Waals surface area (Å²) in [6, 6.07) is 7.74. The van der Waals surface area contributed by atoms with Crippen LogP contribution in [0.2, 0.25) is 0 Å². The summed E-state index contributed by atoms with van der Waals surface area (Å²) in [5.74, 6) is 2.65. The minimum Gasteiger partial charge on any atom is -0.409 e. The number of rotatable bonds is 6. The van der Waals surface area contributed by atoms with E-state index in [9.17, 15) is 0 Å². The summed E-state index contributed by atoms with van der Waals surface area (Å²) in [6.45, 7) is 5.28. The Kier molecular flexibility index (Phi) is 6.17. The molecule has 6 heteroatoms. The van der Waals surface area contributed by atoms with Gasteiger partial charge in [0.15, 0.2) is 5.84 Å². The van der Waals surface area contributed by atoms with E-state index in [2.05, 4.69) is 15.4 Å². The zero-order valence-corrected chi connectivity index (χ0v) is 12.4. The summed E-state index contributed by atoms with van der Waals surface area (Å²) in [5, 5.41) is 15.1. The van der Waals surface area contributed by atoms with Crippen LogP contribution in [-0.2, 0) is 6.54 Å². The summed E-state index contributed by atoms with van der Waals surface area (Å²) in [4.78, 5) is 2.50. The molecule has 0 unspecified atom stereocenters. The number of amidine groups is 1. The van der Waals surface area contributed by atoms with Crippen LogP contribution in [-0.4, -0.2) is 53.6 Å². The number of nitrogens with one attached hydrogen (secondary N) is 1. The molecule has 0 bridgehead atoms. The second kappa shape index (κ2) is 8.14. The third-order valence-corrected chi connectivity index (χ3v) is 4.31. The highest BCUT2D eigenvalue weighted by Gasteiger charge is 2.09. The quantitative estimate of drug-likeness (QED) is 0.239. The Balaban J connectivity index is 1.73. The number of thioether (sulfide) groups is 1. The Hall–Kier alpha value is -1.24. The molecule has 0 aromatic heterocycles. The lowest BCUT2D eigenvalue weighted by Crippen LogP contribution is -2.37. The fourth-order valence-electron chi connectivity index (χ4n) is 2.19. The summed E-state index contributed by atoms with van der Waals surface area (Å²) >= 11 is 2.04. The van der Waals surface area contributed by atoms with Gasteiger partial charge in [0.2, 0.25) is 0 Å². The molecule has 1 aromatic carbocycles. The van der Waals surface area contributed by atoms with E-state index in [0.29, 0.717) is 0 Å². The Bertz CT molecular complexity index is 447.